The van der Waals surface area contributed by atoms with Gasteiger partial charge in [-0.1, -0.05) is 42.5 Å². The van der Waals surface area contributed by atoms with E-state index in [4.69, 9.17) is 11.6 Å². The topological polar surface area (TPSA) is 0 Å². The second kappa shape index (κ2) is 5.53. The summed E-state index contributed by atoms with van der Waals surface area (Å²) in [6, 6.07) is 13.4. The molecule has 0 aliphatic heterocycles. The van der Waals surface area contributed by atoms with E-state index in [1.807, 2.05) is 37.3 Å². The number of hydrogen-bond donors (Lipinski definition) is 0. The van der Waals surface area contributed by atoms with Gasteiger partial charge in [0.05, 0.1) is 5.38 Å². The van der Waals surface area contributed by atoms with E-state index in [0.717, 1.165) is 0 Å². The molecule has 0 aliphatic carbocycles. The molecule has 0 radical (unpaired) electrons. The van der Waals surface area contributed by atoms with Crippen molar-refractivity contribution in [2.45, 2.75) is 25.6 Å². The van der Waals surface area contributed by atoms with Gasteiger partial charge in [-0.15, -0.1) is 11.6 Å². The van der Waals surface area contributed by atoms with Crippen LogP contribution < -0.4 is 0 Å². The zero-order valence-corrected chi connectivity index (χ0v) is 11.3. The number of rotatable bonds is 3. The molecule has 0 aliphatic rings. The van der Waals surface area contributed by atoms with Crippen molar-refractivity contribution in [3.05, 3.63) is 70.5 Å². The van der Waals surface area contributed by atoms with Gasteiger partial charge < -0.3 is 0 Å². The summed E-state index contributed by atoms with van der Waals surface area (Å²) >= 11 is 6.35. The Kier molecular flexibility index (Phi) is 4.03. The van der Waals surface area contributed by atoms with Crippen LogP contribution in [0.1, 0.15) is 27.6 Å². The molecule has 0 heterocycles. The highest BCUT2D eigenvalue weighted by Gasteiger charge is 2.15. The average Bonchev–Trinajstić information content (AvgIpc) is 2.35. The van der Waals surface area contributed by atoms with Gasteiger partial charge in [0.25, 0.3) is 0 Å². The van der Waals surface area contributed by atoms with Gasteiger partial charge in [0, 0.05) is 5.56 Å². The third-order valence-corrected chi connectivity index (χ3v) is 3.61. The molecule has 1 unspecified atom stereocenters. The van der Waals surface area contributed by atoms with Crippen molar-refractivity contribution in [2.75, 3.05) is 0 Å². The molecule has 0 N–H and O–H groups in total. The molecule has 1 atom stereocenters. The van der Waals surface area contributed by atoms with Gasteiger partial charge in [-0.2, -0.15) is 0 Å². The Balaban J connectivity index is 2.25. The van der Waals surface area contributed by atoms with Gasteiger partial charge in [-0.3, -0.25) is 0 Å². The Morgan fingerprint density at radius 3 is 2.39 bits per heavy atom. The Labute approximate surface area is 112 Å². The Morgan fingerprint density at radius 1 is 1.00 bits per heavy atom. The Morgan fingerprint density at radius 2 is 1.67 bits per heavy atom. The lowest BCUT2D eigenvalue weighted by atomic mass is 9.99. The first-order valence-electron chi connectivity index (χ1n) is 6.03. The average molecular weight is 263 g/mol. The minimum atomic E-state index is -0.328. The van der Waals surface area contributed by atoms with Crippen molar-refractivity contribution in [3.63, 3.8) is 0 Å². The van der Waals surface area contributed by atoms with Crippen LogP contribution in [0.2, 0.25) is 0 Å². The van der Waals surface area contributed by atoms with Crippen molar-refractivity contribution < 1.29 is 4.39 Å². The molecule has 18 heavy (non-hydrogen) atoms. The smallest absolute Gasteiger partial charge is 0.130 e. The van der Waals surface area contributed by atoms with E-state index < -0.39 is 0 Å². The van der Waals surface area contributed by atoms with Gasteiger partial charge in [-0.25, -0.2) is 4.39 Å². The van der Waals surface area contributed by atoms with Crippen molar-refractivity contribution in [1.29, 1.82) is 0 Å². The number of halogens is 2. The minimum absolute atomic E-state index is 0.189. The molecular formula is C16H16ClF. The molecule has 0 saturated carbocycles. The number of alkyl halides is 1. The molecule has 0 spiro atoms. The number of benzene rings is 2. The molecule has 2 aromatic rings. The first-order chi connectivity index (χ1) is 8.59. The molecule has 0 saturated heterocycles. The predicted octanol–water partition coefficient (Wildman–Crippen LogP) is 4.97. The van der Waals surface area contributed by atoms with Gasteiger partial charge in [0.15, 0.2) is 0 Å². The lowest BCUT2D eigenvalue weighted by Gasteiger charge is -2.13. The maximum absolute atomic E-state index is 14.0. The third-order valence-electron chi connectivity index (χ3n) is 3.22. The summed E-state index contributed by atoms with van der Waals surface area (Å²) in [5, 5.41) is -0.328. The molecule has 0 nitrogen and oxygen atoms in total. The van der Waals surface area contributed by atoms with Crippen LogP contribution in [0.25, 0.3) is 0 Å². The second-order valence-corrected chi connectivity index (χ2v) is 5.10. The monoisotopic (exact) mass is 262 g/mol. The fraction of sp³-hybridized carbons (Fsp3) is 0.250. The second-order valence-electron chi connectivity index (χ2n) is 4.58. The largest absolute Gasteiger partial charge is 0.206 e. The van der Waals surface area contributed by atoms with E-state index in [9.17, 15) is 4.39 Å². The van der Waals surface area contributed by atoms with Crippen LogP contribution in [0.5, 0.6) is 0 Å². The Hall–Kier alpha value is -1.34. The lowest BCUT2D eigenvalue weighted by Crippen LogP contribution is -2.01. The Bertz CT molecular complexity index is 549. The highest BCUT2D eigenvalue weighted by atomic mass is 35.5. The lowest BCUT2D eigenvalue weighted by molar-refractivity contribution is 0.597. The molecule has 0 amide bonds. The third kappa shape index (κ3) is 2.73. The predicted molar refractivity (Wildman–Crippen MR) is 74.6 cm³/mol. The number of aryl methyl sites for hydroxylation is 2. The molecule has 0 aromatic heterocycles. The van der Waals surface area contributed by atoms with Crippen LogP contribution in [0.3, 0.4) is 0 Å². The van der Waals surface area contributed by atoms with Crippen molar-refractivity contribution in [1.82, 2.24) is 0 Å². The molecule has 0 bridgehead atoms. The molecule has 0 fully saturated rings. The zero-order chi connectivity index (χ0) is 13.1. The summed E-state index contributed by atoms with van der Waals surface area (Å²) in [6.45, 7) is 3.81. The van der Waals surface area contributed by atoms with Crippen molar-refractivity contribution in [2.24, 2.45) is 0 Å². The highest BCUT2D eigenvalue weighted by Crippen LogP contribution is 2.29. The van der Waals surface area contributed by atoms with Crippen LogP contribution in [-0.2, 0) is 6.42 Å². The van der Waals surface area contributed by atoms with E-state index in [-0.39, 0.29) is 11.2 Å². The first kappa shape index (κ1) is 13.1. The minimum Gasteiger partial charge on any atom is -0.206 e. The van der Waals surface area contributed by atoms with Gasteiger partial charge >= 0.3 is 0 Å². The molecule has 2 heteroatoms. The van der Waals surface area contributed by atoms with Crippen LogP contribution in [0, 0.1) is 19.7 Å². The maximum atomic E-state index is 14.0. The summed E-state index contributed by atoms with van der Waals surface area (Å²) < 4.78 is 14.0. The van der Waals surface area contributed by atoms with E-state index in [0.29, 0.717) is 17.5 Å². The fourth-order valence-electron chi connectivity index (χ4n) is 2.05. The molecule has 2 aromatic carbocycles. The standard InChI is InChI=1S/C16H16ClF/c1-11-6-3-4-8-13(11)10-15(17)14-9-5-7-12(2)16(14)18/h3-9,15H,10H2,1-2H3. The van der Waals surface area contributed by atoms with Crippen molar-refractivity contribution in [3.8, 4) is 0 Å². The summed E-state index contributed by atoms with van der Waals surface area (Å²) in [5.74, 6) is -0.189. The zero-order valence-electron chi connectivity index (χ0n) is 10.6. The summed E-state index contributed by atoms with van der Waals surface area (Å²) in [4.78, 5) is 0. The quantitative estimate of drug-likeness (QED) is 0.686. The number of hydrogen-bond acceptors (Lipinski definition) is 0. The molecule has 2 rings (SSSR count). The summed E-state index contributed by atoms with van der Waals surface area (Å²) in [7, 11) is 0. The normalized spacial score (nSPS) is 12.4. The summed E-state index contributed by atoms with van der Waals surface area (Å²) in [6.07, 6.45) is 0.647. The van der Waals surface area contributed by atoms with E-state index in [2.05, 4.69) is 0 Å². The first-order valence-corrected chi connectivity index (χ1v) is 6.47. The SMILES string of the molecule is Cc1ccccc1CC(Cl)c1cccc(C)c1F. The van der Waals surface area contributed by atoms with E-state index in [1.54, 1.807) is 19.1 Å². The van der Waals surface area contributed by atoms with E-state index in [1.165, 1.54) is 11.1 Å². The van der Waals surface area contributed by atoms with Gasteiger partial charge in [-0.05, 0) is 37.0 Å². The van der Waals surface area contributed by atoms with Gasteiger partial charge in [0.2, 0.25) is 0 Å². The molecule has 94 valence electrons. The van der Waals surface area contributed by atoms with Crippen molar-refractivity contribution >= 4 is 11.6 Å². The van der Waals surface area contributed by atoms with Crippen LogP contribution in [0.15, 0.2) is 42.5 Å². The van der Waals surface area contributed by atoms with Crippen LogP contribution in [0.4, 0.5) is 4.39 Å². The molecular weight excluding hydrogens is 247 g/mol. The van der Waals surface area contributed by atoms with Crippen LogP contribution >= 0.6 is 11.6 Å². The fourth-order valence-corrected chi connectivity index (χ4v) is 2.39. The van der Waals surface area contributed by atoms with Gasteiger partial charge in [0.1, 0.15) is 5.82 Å². The summed E-state index contributed by atoms with van der Waals surface area (Å²) in [5.41, 5.74) is 3.58. The maximum Gasteiger partial charge on any atom is 0.130 e. The van der Waals surface area contributed by atoms with E-state index >= 15 is 0 Å². The highest BCUT2D eigenvalue weighted by molar-refractivity contribution is 6.21. The van der Waals surface area contributed by atoms with Crippen LogP contribution in [-0.4, -0.2) is 0 Å².